The summed E-state index contributed by atoms with van der Waals surface area (Å²) in [4.78, 5) is 15.3. The summed E-state index contributed by atoms with van der Waals surface area (Å²) in [5.41, 5.74) is 2.84. The van der Waals surface area contributed by atoms with Gasteiger partial charge >= 0.3 is 0 Å². The molecule has 0 aliphatic carbocycles. The maximum atomic E-state index is 13.4. The van der Waals surface area contributed by atoms with Crippen LogP contribution >= 0.6 is 11.6 Å². The zero-order valence-electron chi connectivity index (χ0n) is 17.7. The maximum Gasteiger partial charge on any atom is 0.254 e. The minimum Gasteiger partial charge on any atom is -0.454 e. The molecule has 0 unspecified atom stereocenters. The number of amides is 1. The van der Waals surface area contributed by atoms with E-state index in [4.69, 9.17) is 21.1 Å². The van der Waals surface area contributed by atoms with Crippen LogP contribution in [-0.4, -0.2) is 28.7 Å². The van der Waals surface area contributed by atoms with Gasteiger partial charge in [-0.3, -0.25) is 4.79 Å². The van der Waals surface area contributed by atoms with Crippen molar-refractivity contribution in [3.8, 4) is 11.5 Å². The fraction of sp³-hybridized carbons (Fsp3) is 0.320. The highest BCUT2D eigenvalue weighted by molar-refractivity contribution is 6.30. The average molecular weight is 439 g/mol. The van der Waals surface area contributed by atoms with Crippen LogP contribution in [0.15, 0.2) is 60.8 Å². The Bertz CT molecular complexity index is 1050. The molecule has 162 valence electrons. The quantitative estimate of drug-likeness (QED) is 0.399. The molecule has 1 aliphatic rings. The summed E-state index contributed by atoms with van der Waals surface area (Å²) in [7, 11) is 0. The monoisotopic (exact) mass is 438 g/mol. The van der Waals surface area contributed by atoms with Gasteiger partial charge in [-0.2, -0.15) is 0 Å². The van der Waals surface area contributed by atoms with E-state index in [1.54, 1.807) is 6.07 Å². The molecule has 2 heterocycles. The number of halogens is 1. The topological polar surface area (TPSA) is 43.7 Å². The Morgan fingerprint density at radius 1 is 1.06 bits per heavy atom. The van der Waals surface area contributed by atoms with Crippen LogP contribution in [0.3, 0.4) is 0 Å². The molecule has 0 atom stereocenters. The number of benzene rings is 2. The predicted molar refractivity (Wildman–Crippen MR) is 122 cm³/mol. The number of carbonyl (C=O) groups excluding carboxylic acids is 1. The van der Waals surface area contributed by atoms with Gasteiger partial charge in [-0.25, -0.2) is 0 Å². The summed E-state index contributed by atoms with van der Waals surface area (Å²) >= 11 is 6.15. The molecule has 2 aromatic carbocycles. The highest BCUT2D eigenvalue weighted by atomic mass is 35.5. The smallest absolute Gasteiger partial charge is 0.254 e. The molecule has 0 saturated carbocycles. The van der Waals surface area contributed by atoms with Crippen LogP contribution in [-0.2, 0) is 13.1 Å². The van der Waals surface area contributed by atoms with E-state index in [1.807, 2.05) is 47.5 Å². The van der Waals surface area contributed by atoms with Crippen LogP contribution in [0.1, 0.15) is 47.8 Å². The molecular weight excluding hydrogens is 412 g/mol. The standard InChI is InChI=1S/C25H27ClN2O3/c1-2-3-4-12-28(25(29)20-10-11-23-24(15-20)31-18-30-23)17-22-9-6-13-27(22)16-19-7-5-8-21(26)14-19/h5-11,13-15H,2-4,12,16-18H2,1H3. The molecule has 6 heteroatoms. The molecule has 0 radical (unpaired) electrons. The van der Waals surface area contributed by atoms with E-state index < -0.39 is 0 Å². The zero-order chi connectivity index (χ0) is 21.6. The first-order valence-corrected chi connectivity index (χ1v) is 11.1. The van der Waals surface area contributed by atoms with Crippen molar-refractivity contribution >= 4 is 17.5 Å². The SMILES string of the molecule is CCCCCN(Cc1cccn1Cc1cccc(Cl)c1)C(=O)c1ccc2c(c1)OCO2. The highest BCUT2D eigenvalue weighted by Crippen LogP contribution is 2.33. The minimum absolute atomic E-state index is 0.00455. The fourth-order valence-corrected chi connectivity index (χ4v) is 4.00. The second-order valence-electron chi connectivity index (χ2n) is 7.76. The molecule has 0 fully saturated rings. The first-order valence-electron chi connectivity index (χ1n) is 10.7. The number of ether oxygens (including phenoxy) is 2. The van der Waals surface area contributed by atoms with Crippen LogP contribution in [0, 0.1) is 0 Å². The molecule has 0 saturated heterocycles. The Labute approximate surface area is 188 Å². The number of unbranched alkanes of at least 4 members (excludes halogenated alkanes) is 2. The van der Waals surface area contributed by atoms with E-state index in [-0.39, 0.29) is 12.7 Å². The van der Waals surface area contributed by atoms with Crippen LogP contribution in [0.4, 0.5) is 0 Å². The Morgan fingerprint density at radius 2 is 1.94 bits per heavy atom. The largest absolute Gasteiger partial charge is 0.454 e. The van der Waals surface area contributed by atoms with E-state index >= 15 is 0 Å². The lowest BCUT2D eigenvalue weighted by atomic mass is 10.1. The van der Waals surface area contributed by atoms with Crippen molar-refractivity contribution in [1.29, 1.82) is 0 Å². The first kappa shape index (κ1) is 21.3. The van der Waals surface area contributed by atoms with E-state index in [0.717, 1.165) is 35.5 Å². The molecule has 1 aliphatic heterocycles. The van der Waals surface area contributed by atoms with Crippen molar-refractivity contribution in [1.82, 2.24) is 9.47 Å². The fourth-order valence-electron chi connectivity index (χ4n) is 3.79. The van der Waals surface area contributed by atoms with Crippen molar-refractivity contribution in [3.05, 3.63) is 82.6 Å². The van der Waals surface area contributed by atoms with Crippen molar-refractivity contribution in [3.63, 3.8) is 0 Å². The number of aromatic nitrogens is 1. The minimum atomic E-state index is 0.00455. The van der Waals surface area contributed by atoms with Crippen LogP contribution in [0.5, 0.6) is 11.5 Å². The Balaban J connectivity index is 1.53. The van der Waals surface area contributed by atoms with Crippen molar-refractivity contribution < 1.29 is 14.3 Å². The zero-order valence-corrected chi connectivity index (χ0v) is 18.5. The van der Waals surface area contributed by atoms with Gasteiger partial charge in [0.15, 0.2) is 11.5 Å². The van der Waals surface area contributed by atoms with Crippen LogP contribution < -0.4 is 9.47 Å². The summed E-state index contributed by atoms with van der Waals surface area (Å²) < 4.78 is 13.0. The van der Waals surface area contributed by atoms with Crippen molar-refractivity contribution in [2.75, 3.05) is 13.3 Å². The van der Waals surface area contributed by atoms with Gasteiger partial charge < -0.3 is 18.9 Å². The molecule has 4 rings (SSSR count). The highest BCUT2D eigenvalue weighted by Gasteiger charge is 2.21. The molecule has 1 amide bonds. The summed E-state index contributed by atoms with van der Waals surface area (Å²) in [5, 5.41) is 0.727. The van der Waals surface area contributed by atoms with Crippen LogP contribution in [0.2, 0.25) is 5.02 Å². The second kappa shape index (κ2) is 9.92. The molecular formula is C25H27ClN2O3. The molecule has 0 spiro atoms. The van der Waals surface area contributed by atoms with Gasteiger partial charge in [0, 0.05) is 35.6 Å². The molecule has 1 aromatic heterocycles. The Hall–Kier alpha value is -2.92. The van der Waals surface area contributed by atoms with Crippen LogP contribution in [0.25, 0.3) is 0 Å². The number of hydrogen-bond donors (Lipinski definition) is 0. The first-order chi connectivity index (χ1) is 15.1. The third kappa shape index (κ3) is 5.23. The molecule has 0 N–H and O–H groups in total. The Kier molecular flexibility index (Phi) is 6.82. The normalized spacial score (nSPS) is 12.2. The summed E-state index contributed by atoms with van der Waals surface area (Å²) in [6.45, 7) is 4.34. The van der Waals surface area contributed by atoms with Crippen molar-refractivity contribution in [2.24, 2.45) is 0 Å². The Morgan fingerprint density at radius 3 is 2.77 bits per heavy atom. The number of nitrogens with zero attached hydrogens (tertiary/aromatic N) is 2. The van der Waals surface area contributed by atoms with E-state index in [9.17, 15) is 4.79 Å². The van der Waals surface area contributed by atoms with Gasteiger partial charge in [0.1, 0.15) is 0 Å². The lowest BCUT2D eigenvalue weighted by Crippen LogP contribution is -2.32. The third-order valence-electron chi connectivity index (χ3n) is 5.46. The number of carbonyl (C=O) groups is 1. The van der Waals surface area contributed by atoms with Gasteiger partial charge in [-0.1, -0.05) is 43.5 Å². The maximum absolute atomic E-state index is 13.4. The summed E-state index contributed by atoms with van der Waals surface area (Å²) in [6, 6.07) is 17.4. The van der Waals surface area contributed by atoms with Gasteiger partial charge in [-0.15, -0.1) is 0 Å². The number of rotatable bonds is 9. The lowest BCUT2D eigenvalue weighted by Gasteiger charge is -2.24. The molecule has 31 heavy (non-hydrogen) atoms. The van der Waals surface area contributed by atoms with Gasteiger partial charge in [0.05, 0.1) is 6.54 Å². The van der Waals surface area contributed by atoms with Gasteiger partial charge in [-0.05, 0) is 54.4 Å². The second-order valence-corrected chi connectivity index (χ2v) is 8.20. The average Bonchev–Trinajstić information content (AvgIpc) is 3.41. The summed E-state index contributed by atoms with van der Waals surface area (Å²) in [6.07, 6.45) is 5.22. The van der Waals surface area contributed by atoms with Crippen molar-refractivity contribution in [2.45, 2.75) is 39.3 Å². The number of fused-ring (bicyclic) bond motifs is 1. The van der Waals surface area contributed by atoms with Gasteiger partial charge in [0.25, 0.3) is 5.91 Å². The van der Waals surface area contributed by atoms with E-state index in [0.29, 0.717) is 36.7 Å². The number of hydrogen-bond acceptors (Lipinski definition) is 3. The van der Waals surface area contributed by atoms with E-state index in [1.165, 1.54) is 0 Å². The summed E-state index contributed by atoms with van der Waals surface area (Å²) in [5.74, 6) is 1.32. The lowest BCUT2D eigenvalue weighted by molar-refractivity contribution is 0.0736. The molecule has 0 bridgehead atoms. The molecule has 5 nitrogen and oxygen atoms in total. The predicted octanol–water partition coefficient (Wildman–Crippen LogP) is 5.75. The third-order valence-corrected chi connectivity index (χ3v) is 5.69. The molecule has 3 aromatic rings. The van der Waals surface area contributed by atoms with E-state index in [2.05, 4.69) is 23.6 Å². The van der Waals surface area contributed by atoms with Gasteiger partial charge in [0.2, 0.25) is 6.79 Å².